The van der Waals surface area contributed by atoms with Gasteiger partial charge in [0.1, 0.15) is 0 Å². The largest absolute Gasteiger partial charge is 0.355 e. The van der Waals surface area contributed by atoms with Crippen molar-refractivity contribution < 1.29 is 4.79 Å². The number of halogens is 1. The Balaban J connectivity index is 0.00000220. The molecule has 1 aromatic rings. The second-order valence-electron chi connectivity index (χ2n) is 5.29. The van der Waals surface area contributed by atoms with Crippen molar-refractivity contribution in [1.82, 2.24) is 15.5 Å². The van der Waals surface area contributed by atoms with E-state index in [2.05, 4.69) is 46.7 Å². The fraction of sp³-hybridized carbons (Fsp3) is 0.562. The van der Waals surface area contributed by atoms with Crippen molar-refractivity contribution in [2.75, 3.05) is 39.3 Å². The van der Waals surface area contributed by atoms with Gasteiger partial charge in [0.2, 0.25) is 5.91 Å². The molecular formula is C16H26ClN3O. The average molecular weight is 312 g/mol. The van der Waals surface area contributed by atoms with E-state index in [9.17, 15) is 4.79 Å². The molecule has 0 saturated carbocycles. The SMILES string of the molecule is CCc1ccc(CC(=O)NCCN2CCNCC2)cc1.Cl. The third-order valence-corrected chi connectivity index (χ3v) is 3.76. The highest BCUT2D eigenvalue weighted by Crippen LogP contribution is 2.05. The molecule has 1 heterocycles. The maximum absolute atomic E-state index is 11.9. The predicted octanol–water partition coefficient (Wildman–Crippen LogP) is 1.23. The number of hydrogen-bond donors (Lipinski definition) is 2. The van der Waals surface area contributed by atoms with Gasteiger partial charge in [-0.1, -0.05) is 31.2 Å². The van der Waals surface area contributed by atoms with Crippen LogP contribution in [0, 0.1) is 0 Å². The minimum Gasteiger partial charge on any atom is -0.355 e. The minimum atomic E-state index is 0. The van der Waals surface area contributed by atoms with Crippen molar-refractivity contribution in [1.29, 1.82) is 0 Å². The molecule has 0 spiro atoms. The number of nitrogens with one attached hydrogen (secondary N) is 2. The minimum absolute atomic E-state index is 0. The molecule has 1 saturated heterocycles. The Morgan fingerprint density at radius 1 is 1.19 bits per heavy atom. The Hall–Kier alpha value is -1.10. The molecule has 0 atom stereocenters. The van der Waals surface area contributed by atoms with Crippen LogP contribution in [0.1, 0.15) is 18.1 Å². The molecule has 1 amide bonds. The molecule has 1 aliphatic heterocycles. The van der Waals surface area contributed by atoms with Gasteiger partial charge in [-0.2, -0.15) is 0 Å². The molecule has 5 heteroatoms. The highest BCUT2D eigenvalue weighted by Gasteiger charge is 2.09. The molecule has 0 aliphatic carbocycles. The summed E-state index contributed by atoms with van der Waals surface area (Å²) in [5, 5.41) is 6.33. The average Bonchev–Trinajstić information content (AvgIpc) is 2.49. The summed E-state index contributed by atoms with van der Waals surface area (Å²) in [7, 11) is 0. The molecule has 1 fully saturated rings. The van der Waals surface area contributed by atoms with Crippen molar-refractivity contribution in [3.8, 4) is 0 Å². The topological polar surface area (TPSA) is 44.4 Å². The molecule has 118 valence electrons. The first-order valence-electron chi connectivity index (χ1n) is 7.55. The van der Waals surface area contributed by atoms with Crippen LogP contribution < -0.4 is 10.6 Å². The van der Waals surface area contributed by atoms with Gasteiger partial charge in [-0.15, -0.1) is 12.4 Å². The lowest BCUT2D eigenvalue weighted by molar-refractivity contribution is -0.120. The number of hydrogen-bond acceptors (Lipinski definition) is 3. The van der Waals surface area contributed by atoms with Gasteiger partial charge in [-0.3, -0.25) is 9.69 Å². The van der Waals surface area contributed by atoms with Gasteiger partial charge in [-0.05, 0) is 17.5 Å². The van der Waals surface area contributed by atoms with E-state index in [0.717, 1.165) is 51.3 Å². The fourth-order valence-corrected chi connectivity index (χ4v) is 2.43. The van der Waals surface area contributed by atoms with Crippen LogP contribution in [0.2, 0.25) is 0 Å². The first-order chi connectivity index (χ1) is 9.78. The second-order valence-corrected chi connectivity index (χ2v) is 5.29. The quantitative estimate of drug-likeness (QED) is 0.831. The lowest BCUT2D eigenvalue weighted by Gasteiger charge is -2.27. The molecule has 1 aliphatic rings. The van der Waals surface area contributed by atoms with Crippen molar-refractivity contribution in [3.63, 3.8) is 0 Å². The lowest BCUT2D eigenvalue weighted by Crippen LogP contribution is -2.46. The van der Waals surface area contributed by atoms with Crippen molar-refractivity contribution in [2.45, 2.75) is 19.8 Å². The molecule has 2 rings (SSSR count). The molecular weight excluding hydrogens is 286 g/mol. The Labute approximate surface area is 133 Å². The number of benzene rings is 1. The van der Waals surface area contributed by atoms with Gasteiger partial charge in [0.15, 0.2) is 0 Å². The van der Waals surface area contributed by atoms with E-state index in [4.69, 9.17) is 0 Å². The van der Waals surface area contributed by atoms with Gasteiger partial charge in [0.25, 0.3) is 0 Å². The summed E-state index contributed by atoms with van der Waals surface area (Å²) in [4.78, 5) is 14.2. The Bertz CT molecular complexity index is 416. The van der Waals surface area contributed by atoms with Gasteiger partial charge in [-0.25, -0.2) is 0 Å². The molecule has 4 nitrogen and oxygen atoms in total. The van der Waals surface area contributed by atoms with Crippen molar-refractivity contribution in [3.05, 3.63) is 35.4 Å². The van der Waals surface area contributed by atoms with Crippen LogP contribution >= 0.6 is 12.4 Å². The van der Waals surface area contributed by atoms with Gasteiger partial charge < -0.3 is 10.6 Å². The maximum Gasteiger partial charge on any atom is 0.224 e. The van der Waals surface area contributed by atoms with E-state index in [1.807, 2.05) is 0 Å². The van der Waals surface area contributed by atoms with Crippen LogP contribution in [0.25, 0.3) is 0 Å². The fourth-order valence-electron chi connectivity index (χ4n) is 2.43. The number of carbonyl (C=O) groups excluding carboxylic acids is 1. The summed E-state index contributed by atoms with van der Waals surface area (Å²) in [6.45, 7) is 8.09. The van der Waals surface area contributed by atoms with Crippen molar-refractivity contribution in [2.24, 2.45) is 0 Å². The van der Waals surface area contributed by atoms with E-state index in [0.29, 0.717) is 6.42 Å². The van der Waals surface area contributed by atoms with E-state index in [1.54, 1.807) is 0 Å². The number of carbonyl (C=O) groups is 1. The van der Waals surface area contributed by atoms with E-state index < -0.39 is 0 Å². The van der Waals surface area contributed by atoms with Crippen LogP contribution in [0.15, 0.2) is 24.3 Å². The van der Waals surface area contributed by atoms with Crippen LogP contribution in [-0.2, 0) is 17.6 Å². The van der Waals surface area contributed by atoms with E-state index in [1.165, 1.54) is 5.56 Å². The summed E-state index contributed by atoms with van der Waals surface area (Å²) in [5.41, 5.74) is 2.40. The van der Waals surface area contributed by atoms with Crippen molar-refractivity contribution >= 4 is 18.3 Å². The van der Waals surface area contributed by atoms with Crippen LogP contribution in [0.4, 0.5) is 0 Å². The molecule has 0 bridgehead atoms. The monoisotopic (exact) mass is 311 g/mol. The number of amides is 1. The zero-order valence-corrected chi connectivity index (χ0v) is 13.5. The summed E-state index contributed by atoms with van der Waals surface area (Å²) in [6, 6.07) is 8.30. The number of rotatable bonds is 6. The maximum atomic E-state index is 11.9. The number of piperazine rings is 1. The summed E-state index contributed by atoms with van der Waals surface area (Å²) >= 11 is 0. The highest BCUT2D eigenvalue weighted by molar-refractivity contribution is 5.85. The third-order valence-electron chi connectivity index (χ3n) is 3.76. The van der Waals surface area contributed by atoms with Crippen LogP contribution in [0.5, 0.6) is 0 Å². The summed E-state index contributed by atoms with van der Waals surface area (Å²) in [5.74, 6) is 0.115. The second kappa shape index (κ2) is 9.77. The van der Waals surface area contributed by atoms with Gasteiger partial charge >= 0.3 is 0 Å². The summed E-state index contributed by atoms with van der Waals surface area (Å²) in [6.07, 6.45) is 1.52. The first-order valence-corrected chi connectivity index (χ1v) is 7.55. The summed E-state index contributed by atoms with van der Waals surface area (Å²) < 4.78 is 0. The predicted molar refractivity (Wildman–Crippen MR) is 89.1 cm³/mol. The van der Waals surface area contributed by atoms with Gasteiger partial charge in [0, 0.05) is 39.3 Å². The Kier molecular flexibility index (Phi) is 8.35. The zero-order valence-electron chi connectivity index (χ0n) is 12.7. The molecule has 2 N–H and O–H groups in total. The molecule has 21 heavy (non-hydrogen) atoms. The zero-order chi connectivity index (χ0) is 14.2. The Morgan fingerprint density at radius 2 is 1.81 bits per heavy atom. The number of aryl methyl sites for hydroxylation is 1. The number of nitrogens with zero attached hydrogens (tertiary/aromatic N) is 1. The highest BCUT2D eigenvalue weighted by atomic mass is 35.5. The first kappa shape index (κ1) is 18.0. The third kappa shape index (κ3) is 6.46. The Morgan fingerprint density at radius 3 is 2.43 bits per heavy atom. The van der Waals surface area contributed by atoms with Crippen LogP contribution in [-0.4, -0.2) is 50.1 Å². The molecule has 0 unspecified atom stereocenters. The standard InChI is InChI=1S/C16H25N3O.ClH/c1-2-14-3-5-15(6-4-14)13-16(20)18-9-12-19-10-7-17-8-11-19;/h3-6,17H,2,7-13H2,1H3,(H,18,20);1H. The van der Waals surface area contributed by atoms with E-state index in [-0.39, 0.29) is 18.3 Å². The van der Waals surface area contributed by atoms with E-state index >= 15 is 0 Å². The van der Waals surface area contributed by atoms with Gasteiger partial charge in [0.05, 0.1) is 6.42 Å². The molecule has 0 radical (unpaired) electrons. The lowest BCUT2D eigenvalue weighted by atomic mass is 10.1. The molecule has 0 aromatic heterocycles. The normalized spacial score (nSPS) is 15.3. The smallest absolute Gasteiger partial charge is 0.224 e. The van der Waals surface area contributed by atoms with Crippen LogP contribution in [0.3, 0.4) is 0 Å². The molecule has 1 aromatic carbocycles.